The van der Waals surface area contributed by atoms with Gasteiger partial charge in [-0.1, -0.05) is 6.07 Å². The lowest BCUT2D eigenvalue weighted by molar-refractivity contribution is 0.0552. The molecule has 0 aliphatic carbocycles. The minimum Gasteiger partial charge on any atom is -0.444 e. The van der Waals surface area contributed by atoms with Crippen molar-refractivity contribution in [2.75, 3.05) is 0 Å². The van der Waals surface area contributed by atoms with Crippen molar-refractivity contribution < 1.29 is 9.53 Å². The van der Waals surface area contributed by atoms with Crippen molar-refractivity contribution in [2.24, 2.45) is 5.73 Å². The summed E-state index contributed by atoms with van der Waals surface area (Å²) in [6, 6.07) is 5.59. The highest BCUT2D eigenvalue weighted by atomic mass is 16.6. The van der Waals surface area contributed by atoms with E-state index in [2.05, 4.69) is 10.3 Å². The molecule has 5 nitrogen and oxygen atoms in total. The molecule has 3 N–H and O–H groups in total. The van der Waals surface area contributed by atoms with Gasteiger partial charge in [0.15, 0.2) is 0 Å². The predicted octanol–water partition coefficient (Wildman–Crippen LogP) is 2.68. The van der Waals surface area contributed by atoms with Crippen LogP contribution < -0.4 is 11.1 Å². The number of nitrogens with two attached hydrogens (primary N) is 1. The summed E-state index contributed by atoms with van der Waals surface area (Å²) in [6.45, 7) is 7.36. The summed E-state index contributed by atoms with van der Waals surface area (Å²) in [7, 11) is 0. The van der Waals surface area contributed by atoms with Gasteiger partial charge in [-0.25, -0.2) is 4.79 Å². The number of aromatic nitrogens is 1. The minimum atomic E-state index is -0.524. The molecule has 0 fully saturated rings. The summed E-state index contributed by atoms with van der Waals surface area (Å²) in [4.78, 5) is 15.9. The monoisotopic (exact) mass is 277 g/mol. The van der Waals surface area contributed by atoms with Gasteiger partial charge in [0.2, 0.25) is 0 Å². The Labute approximate surface area is 120 Å². The van der Waals surface area contributed by atoms with E-state index in [4.69, 9.17) is 10.5 Å². The number of hydrogen-bond donors (Lipinski definition) is 2. The van der Waals surface area contributed by atoms with Crippen molar-refractivity contribution in [2.45, 2.75) is 45.8 Å². The Morgan fingerprint density at radius 1 is 1.50 bits per heavy atom. The van der Waals surface area contributed by atoms with Gasteiger partial charge in [0.05, 0.1) is 5.69 Å². The Hall–Kier alpha value is -1.88. The molecular formula is C15H23N3O2. The van der Waals surface area contributed by atoms with E-state index in [1.165, 1.54) is 0 Å². The third kappa shape index (κ3) is 6.33. The van der Waals surface area contributed by atoms with Crippen LogP contribution in [0.15, 0.2) is 30.6 Å². The molecule has 0 aliphatic heterocycles. The van der Waals surface area contributed by atoms with Gasteiger partial charge in [0.1, 0.15) is 5.60 Å². The fourth-order valence-electron chi connectivity index (χ4n) is 1.59. The van der Waals surface area contributed by atoms with Crippen LogP contribution in [0.2, 0.25) is 0 Å². The van der Waals surface area contributed by atoms with Crippen LogP contribution in [0.5, 0.6) is 0 Å². The molecule has 1 amide bonds. The lowest BCUT2D eigenvalue weighted by atomic mass is 10.1. The third-order valence-electron chi connectivity index (χ3n) is 2.30. The first-order valence-electron chi connectivity index (χ1n) is 6.63. The number of hydrogen-bond acceptors (Lipinski definition) is 4. The van der Waals surface area contributed by atoms with Gasteiger partial charge in [0.25, 0.3) is 0 Å². The van der Waals surface area contributed by atoms with Crippen molar-refractivity contribution in [3.05, 3.63) is 36.3 Å². The second-order valence-corrected chi connectivity index (χ2v) is 5.71. The van der Waals surface area contributed by atoms with Crippen LogP contribution in [0.3, 0.4) is 0 Å². The second-order valence-electron chi connectivity index (χ2n) is 5.71. The van der Waals surface area contributed by atoms with E-state index in [0.717, 1.165) is 11.3 Å². The van der Waals surface area contributed by atoms with Crippen molar-refractivity contribution in [1.29, 1.82) is 0 Å². The van der Waals surface area contributed by atoms with Gasteiger partial charge in [-0.15, -0.1) is 0 Å². The SMILES string of the molecule is CC(N)CC(=CNC(=O)OC(C)(C)C)c1ccccn1. The number of rotatable bonds is 4. The maximum Gasteiger partial charge on any atom is 0.411 e. The highest BCUT2D eigenvalue weighted by Crippen LogP contribution is 2.16. The van der Waals surface area contributed by atoms with E-state index < -0.39 is 11.7 Å². The standard InChI is InChI=1S/C15H23N3O2/c1-11(16)9-12(13-7-5-6-8-17-13)10-18-14(19)20-15(2,3)4/h5-8,10-11H,9,16H2,1-4H3,(H,18,19). The van der Waals surface area contributed by atoms with E-state index in [9.17, 15) is 4.79 Å². The quantitative estimate of drug-likeness (QED) is 0.887. The first-order valence-corrected chi connectivity index (χ1v) is 6.63. The number of nitrogens with zero attached hydrogens (tertiary/aromatic N) is 1. The van der Waals surface area contributed by atoms with E-state index in [1.54, 1.807) is 12.4 Å². The molecule has 0 saturated carbocycles. The Bertz CT molecular complexity index is 462. The summed E-state index contributed by atoms with van der Waals surface area (Å²) in [5.41, 5.74) is 6.96. The van der Waals surface area contributed by atoms with Crippen LogP contribution in [0.4, 0.5) is 4.79 Å². The van der Waals surface area contributed by atoms with Crippen LogP contribution in [-0.2, 0) is 4.74 Å². The molecule has 0 aliphatic rings. The molecule has 1 rings (SSSR count). The van der Waals surface area contributed by atoms with Crippen LogP contribution in [0.1, 0.15) is 39.8 Å². The van der Waals surface area contributed by atoms with Gasteiger partial charge < -0.3 is 10.5 Å². The van der Waals surface area contributed by atoms with Crippen LogP contribution >= 0.6 is 0 Å². The normalized spacial score (nSPS) is 13.8. The maximum atomic E-state index is 11.7. The van der Waals surface area contributed by atoms with Gasteiger partial charge in [0, 0.05) is 18.4 Å². The average Bonchev–Trinajstić information content (AvgIpc) is 2.33. The van der Waals surface area contributed by atoms with Gasteiger partial charge in [-0.2, -0.15) is 0 Å². The Morgan fingerprint density at radius 2 is 2.20 bits per heavy atom. The molecule has 5 heteroatoms. The summed E-state index contributed by atoms with van der Waals surface area (Å²) in [5.74, 6) is 0. The molecule has 1 aromatic rings. The van der Waals surface area contributed by atoms with Crippen molar-refractivity contribution in [3.63, 3.8) is 0 Å². The van der Waals surface area contributed by atoms with Gasteiger partial charge in [-0.3, -0.25) is 10.3 Å². The molecule has 0 spiro atoms. The van der Waals surface area contributed by atoms with Crippen LogP contribution in [-0.4, -0.2) is 22.7 Å². The molecule has 1 heterocycles. The summed E-state index contributed by atoms with van der Waals surface area (Å²) >= 11 is 0. The van der Waals surface area contributed by atoms with Crippen LogP contribution in [0.25, 0.3) is 5.57 Å². The maximum absolute atomic E-state index is 11.7. The van der Waals surface area contributed by atoms with Crippen LogP contribution in [0, 0.1) is 0 Å². The Kier molecular flexibility index (Phi) is 5.70. The zero-order chi connectivity index (χ0) is 15.2. The third-order valence-corrected chi connectivity index (χ3v) is 2.30. The summed E-state index contributed by atoms with van der Waals surface area (Å²) in [6.07, 6.45) is 3.44. The fraction of sp³-hybridized carbons (Fsp3) is 0.467. The first-order chi connectivity index (χ1) is 9.28. The molecule has 1 unspecified atom stereocenters. The molecule has 0 saturated heterocycles. The number of carbonyl (C=O) groups excluding carboxylic acids is 1. The van der Waals surface area contributed by atoms with Gasteiger partial charge in [-0.05, 0) is 51.8 Å². The lowest BCUT2D eigenvalue weighted by Gasteiger charge is -2.19. The topological polar surface area (TPSA) is 77.2 Å². The highest BCUT2D eigenvalue weighted by molar-refractivity contribution is 5.73. The molecule has 110 valence electrons. The minimum absolute atomic E-state index is 0.0244. The first kappa shape index (κ1) is 16.2. The number of nitrogens with one attached hydrogen (secondary N) is 1. The Balaban J connectivity index is 2.79. The van der Waals surface area contributed by atoms with E-state index >= 15 is 0 Å². The highest BCUT2D eigenvalue weighted by Gasteiger charge is 2.15. The van der Waals surface area contributed by atoms with Crippen molar-refractivity contribution >= 4 is 11.7 Å². The smallest absolute Gasteiger partial charge is 0.411 e. The van der Waals surface area contributed by atoms with E-state index in [-0.39, 0.29) is 6.04 Å². The zero-order valence-corrected chi connectivity index (χ0v) is 12.5. The number of carbonyl (C=O) groups is 1. The molecule has 0 bridgehead atoms. The Morgan fingerprint density at radius 3 is 2.70 bits per heavy atom. The molecular weight excluding hydrogens is 254 g/mol. The zero-order valence-electron chi connectivity index (χ0n) is 12.5. The van der Waals surface area contributed by atoms with Crippen molar-refractivity contribution in [3.8, 4) is 0 Å². The number of pyridine rings is 1. The second kappa shape index (κ2) is 7.05. The fourth-order valence-corrected chi connectivity index (χ4v) is 1.59. The number of alkyl carbamates (subject to hydrolysis) is 1. The predicted molar refractivity (Wildman–Crippen MR) is 79.9 cm³/mol. The molecule has 20 heavy (non-hydrogen) atoms. The molecule has 1 aromatic heterocycles. The van der Waals surface area contributed by atoms with E-state index in [0.29, 0.717) is 6.42 Å². The number of amides is 1. The molecule has 0 radical (unpaired) electrons. The van der Waals surface area contributed by atoms with Gasteiger partial charge >= 0.3 is 6.09 Å². The molecule has 1 atom stereocenters. The lowest BCUT2D eigenvalue weighted by Crippen LogP contribution is -2.30. The number of ether oxygens (including phenoxy) is 1. The summed E-state index contributed by atoms with van der Waals surface area (Å²) < 4.78 is 5.18. The van der Waals surface area contributed by atoms with Crippen molar-refractivity contribution in [1.82, 2.24) is 10.3 Å². The largest absolute Gasteiger partial charge is 0.444 e. The average molecular weight is 277 g/mol. The summed E-state index contributed by atoms with van der Waals surface area (Å²) in [5, 5.41) is 2.62. The molecule has 0 aromatic carbocycles. The van der Waals surface area contributed by atoms with E-state index in [1.807, 2.05) is 45.9 Å².